The summed E-state index contributed by atoms with van der Waals surface area (Å²) in [4.78, 5) is 37.5. The number of ether oxygens (including phenoxy) is 2. The summed E-state index contributed by atoms with van der Waals surface area (Å²) >= 11 is 0. The molecule has 0 spiro atoms. The summed E-state index contributed by atoms with van der Waals surface area (Å²) in [7, 11) is 0. The number of ketones is 1. The van der Waals surface area contributed by atoms with Crippen LogP contribution in [0, 0.1) is 29.1 Å². The highest BCUT2D eigenvalue weighted by atomic mass is 16.6. The zero-order valence-electron chi connectivity index (χ0n) is 15.7. The molecule has 1 saturated heterocycles. The summed E-state index contributed by atoms with van der Waals surface area (Å²) in [6.07, 6.45) is 2.61. The average Bonchev–Trinajstić information content (AvgIpc) is 2.92. The van der Waals surface area contributed by atoms with Crippen LogP contribution in [-0.2, 0) is 23.9 Å². The van der Waals surface area contributed by atoms with Gasteiger partial charge in [-0.1, -0.05) is 19.4 Å². The second-order valence-corrected chi connectivity index (χ2v) is 8.48. The van der Waals surface area contributed by atoms with Crippen LogP contribution in [-0.4, -0.2) is 29.9 Å². The van der Waals surface area contributed by atoms with E-state index in [-0.39, 0.29) is 41.5 Å². The molecule has 5 heteroatoms. The maximum atomic E-state index is 12.9. The van der Waals surface area contributed by atoms with Gasteiger partial charge in [-0.15, -0.1) is 0 Å². The van der Waals surface area contributed by atoms with Gasteiger partial charge in [0, 0.05) is 18.4 Å². The molecule has 0 unspecified atom stereocenters. The Bertz CT molecular complexity index is 632. The number of esters is 2. The number of rotatable bonds is 2. The van der Waals surface area contributed by atoms with Gasteiger partial charge in [0.1, 0.15) is 18.0 Å². The fourth-order valence-corrected chi connectivity index (χ4v) is 5.31. The molecule has 3 rings (SSSR count). The lowest BCUT2D eigenvalue weighted by molar-refractivity contribution is -0.163. The lowest BCUT2D eigenvalue weighted by atomic mass is 9.67. The molecule has 0 N–H and O–H groups in total. The monoisotopic (exact) mass is 348 g/mol. The second kappa shape index (κ2) is 6.26. The Kier molecular flexibility index (Phi) is 4.54. The van der Waals surface area contributed by atoms with Gasteiger partial charge < -0.3 is 9.47 Å². The molecule has 0 aromatic rings. The normalized spacial score (nSPS) is 42.9. The van der Waals surface area contributed by atoms with Crippen LogP contribution in [0.4, 0.5) is 0 Å². The molecule has 0 amide bonds. The number of Topliss-reactive ketones (excluding diaryl/α,β-unsaturated/α-hetero) is 1. The molecule has 3 fully saturated rings. The minimum absolute atomic E-state index is 0.145. The Morgan fingerprint density at radius 3 is 2.60 bits per heavy atom. The van der Waals surface area contributed by atoms with Gasteiger partial charge in [0.05, 0.1) is 11.3 Å². The summed E-state index contributed by atoms with van der Waals surface area (Å²) < 4.78 is 11.5. The highest BCUT2D eigenvalue weighted by molar-refractivity contribution is 5.89. The quantitative estimate of drug-likeness (QED) is 0.567. The zero-order chi connectivity index (χ0) is 18.5. The summed E-state index contributed by atoms with van der Waals surface area (Å²) in [5.74, 6) is -0.781. The first-order chi connectivity index (χ1) is 11.7. The molecular weight excluding hydrogens is 320 g/mol. The average molecular weight is 348 g/mol. The van der Waals surface area contributed by atoms with Crippen molar-refractivity contribution in [2.24, 2.45) is 29.1 Å². The number of allylic oxidation sites excluding steroid dienone is 1. The Balaban J connectivity index is 2.05. The Morgan fingerprint density at radius 1 is 1.28 bits per heavy atom. The van der Waals surface area contributed by atoms with Gasteiger partial charge in [0.15, 0.2) is 0 Å². The zero-order valence-corrected chi connectivity index (χ0v) is 15.7. The first kappa shape index (κ1) is 18.2. The van der Waals surface area contributed by atoms with Crippen LogP contribution in [0.3, 0.4) is 0 Å². The summed E-state index contributed by atoms with van der Waals surface area (Å²) in [6.45, 7) is 9.53. The van der Waals surface area contributed by atoms with Crippen LogP contribution in [0.2, 0.25) is 0 Å². The third-order valence-corrected chi connectivity index (χ3v) is 6.58. The van der Waals surface area contributed by atoms with Crippen molar-refractivity contribution >= 4 is 17.7 Å². The van der Waals surface area contributed by atoms with E-state index in [9.17, 15) is 14.4 Å². The van der Waals surface area contributed by atoms with Crippen molar-refractivity contribution in [2.45, 2.75) is 66.1 Å². The maximum Gasteiger partial charge on any atom is 0.330 e. The van der Waals surface area contributed by atoms with Crippen LogP contribution in [0.5, 0.6) is 0 Å². The number of fused-ring (bicyclic) bond motifs is 2. The summed E-state index contributed by atoms with van der Waals surface area (Å²) in [5, 5.41) is 0. The van der Waals surface area contributed by atoms with Gasteiger partial charge in [0.2, 0.25) is 0 Å². The third-order valence-electron chi connectivity index (χ3n) is 6.58. The minimum atomic E-state index is -0.744. The molecule has 1 aliphatic heterocycles. The number of carbonyl (C=O) groups is 3. The van der Waals surface area contributed by atoms with E-state index in [0.717, 1.165) is 18.4 Å². The molecule has 138 valence electrons. The lowest BCUT2D eigenvalue weighted by Gasteiger charge is -2.40. The molecule has 5 nitrogen and oxygen atoms in total. The Morgan fingerprint density at radius 2 is 1.96 bits per heavy atom. The van der Waals surface area contributed by atoms with Crippen molar-refractivity contribution < 1.29 is 23.9 Å². The smallest absolute Gasteiger partial charge is 0.330 e. The van der Waals surface area contributed by atoms with E-state index in [1.165, 1.54) is 6.08 Å². The van der Waals surface area contributed by atoms with Crippen LogP contribution in [0.15, 0.2) is 11.6 Å². The third kappa shape index (κ3) is 2.81. The molecular formula is C20H28O5. The standard InChI is InChI=1S/C20H28O5/c1-10(2)8-16(22)25-18-17-12(4)19(23)24-14(17)9-11(3)13-6-7-15(21)20(13,18)5/h8,11-14,17-18H,6-7,9H2,1-5H3/t11-,12+,13+,14-,17-,18+,20+/m1/s1. The van der Waals surface area contributed by atoms with Crippen molar-refractivity contribution in [3.8, 4) is 0 Å². The molecule has 0 aromatic heterocycles. The van der Waals surface area contributed by atoms with Crippen LogP contribution in [0.1, 0.15) is 53.9 Å². The molecule has 2 aliphatic carbocycles. The first-order valence-electron chi connectivity index (χ1n) is 9.25. The minimum Gasteiger partial charge on any atom is -0.462 e. The molecule has 25 heavy (non-hydrogen) atoms. The fourth-order valence-electron chi connectivity index (χ4n) is 5.31. The van der Waals surface area contributed by atoms with Gasteiger partial charge in [-0.3, -0.25) is 9.59 Å². The lowest BCUT2D eigenvalue weighted by Crippen LogP contribution is -2.49. The van der Waals surface area contributed by atoms with Gasteiger partial charge in [-0.25, -0.2) is 4.79 Å². The molecule has 0 bridgehead atoms. The van der Waals surface area contributed by atoms with E-state index < -0.39 is 17.5 Å². The fraction of sp³-hybridized carbons (Fsp3) is 0.750. The van der Waals surface area contributed by atoms with Crippen LogP contribution in [0.25, 0.3) is 0 Å². The summed E-state index contributed by atoms with van der Waals surface area (Å²) in [5.41, 5.74) is 0.0986. The number of hydrogen-bond donors (Lipinski definition) is 0. The molecule has 2 saturated carbocycles. The van der Waals surface area contributed by atoms with Gasteiger partial charge in [-0.05, 0) is 45.4 Å². The second-order valence-electron chi connectivity index (χ2n) is 8.48. The largest absolute Gasteiger partial charge is 0.462 e. The van der Waals surface area contributed by atoms with Crippen molar-refractivity contribution in [3.63, 3.8) is 0 Å². The van der Waals surface area contributed by atoms with Gasteiger partial charge in [-0.2, -0.15) is 0 Å². The van der Waals surface area contributed by atoms with E-state index in [4.69, 9.17) is 9.47 Å². The SMILES string of the molecule is CC(C)=CC(=O)O[C@H]1[C@@H]2[C@H](C)C(=O)O[C@@H]2C[C@@H](C)[C@@H]2CCC(=O)[C@]21C. The van der Waals surface area contributed by atoms with Crippen molar-refractivity contribution in [1.82, 2.24) is 0 Å². The van der Waals surface area contributed by atoms with Gasteiger partial charge >= 0.3 is 11.9 Å². The summed E-state index contributed by atoms with van der Waals surface area (Å²) in [6, 6.07) is 0. The molecule has 1 heterocycles. The number of carbonyl (C=O) groups excluding carboxylic acids is 3. The predicted molar refractivity (Wildman–Crippen MR) is 91.5 cm³/mol. The van der Waals surface area contributed by atoms with E-state index in [2.05, 4.69) is 6.92 Å². The molecule has 3 aliphatic rings. The molecule has 0 aromatic carbocycles. The Hall–Kier alpha value is -1.65. The van der Waals surface area contributed by atoms with Gasteiger partial charge in [0.25, 0.3) is 0 Å². The highest BCUT2D eigenvalue weighted by Crippen LogP contribution is 2.56. The van der Waals surface area contributed by atoms with E-state index in [0.29, 0.717) is 6.42 Å². The topological polar surface area (TPSA) is 69.7 Å². The highest BCUT2D eigenvalue weighted by Gasteiger charge is 2.63. The van der Waals surface area contributed by atoms with Crippen LogP contribution < -0.4 is 0 Å². The maximum absolute atomic E-state index is 12.9. The van der Waals surface area contributed by atoms with Crippen molar-refractivity contribution in [1.29, 1.82) is 0 Å². The van der Waals surface area contributed by atoms with E-state index in [1.54, 1.807) is 0 Å². The van der Waals surface area contributed by atoms with Crippen LogP contribution >= 0.6 is 0 Å². The Labute approximate surface area is 149 Å². The van der Waals surface area contributed by atoms with Crippen molar-refractivity contribution in [3.05, 3.63) is 11.6 Å². The molecule has 7 atom stereocenters. The first-order valence-corrected chi connectivity index (χ1v) is 9.25. The van der Waals surface area contributed by atoms with E-state index >= 15 is 0 Å². The van der Waals surface area contributed by atoms with E-state index in [1.807, 2.05) is 27.7 Å². The number of hydrogen-bond acceptors (Lipinski definition) is 5. The molecule has 0 radical (unpaired) electrons. The predicted octanol–water partition coefficient (Wildman–Crippen LogP) is 3.07. The van der Waals surface area contributed by atoms with Crippen molar-refractivity contribution in [2.75, 3.05) is 0 Å².